The lowest BCUT2D eigenvalue weighted by molar-refractivity contribution is -0.115. The van der Waals surface area contributed by atoms with Crippen LogP contribution < -0.4 is 0 Å². The van der Waals surface area contributed by atoms with Crippen molar-refractivity contribution in [3.8, 4) is 0 Å². The summed E-state index contributed by atoms with van der Waals surface area (Å²) in [5, 5.41) is 0. The standard InChI is InChI=1S/C21H38O3Si2/c1-17(16-22)21(24-26(6,7)8)18(2)20(23-25(3,4)5)15-14-19-12-10-9-11-13-19/h9-13,16-18,20-21H,14-15H2,1-8H3/t17-,18-,20+,21+/m1/s1. The van der Waals surface area contributed by atoms with E-state index in [1.807, 2.05) is 13.0 Å². The number of carbonyl (C=O) groups excluding carboxylic acids is 1. The summed E-state index contributed by atoms with van der Waals surface area (Å²) >= 11 is 0. The minimum Gasteiger partial charge on any atom is -0.414 e. The molecule has 0 radical (unpaired) electrons. The van der Waals surface area contributed by atoms with E-state index in [4.69, 9.17) is 8.85 Å². The molecule has 0 fully saturated rings. The highest BCUT2D eigenvalue weighted by Crippen LogP contribution is 2.29. The zero-order chi connectivity index (χ0) is 20.0. The highest BCUT2D eigenvalue weighted by atomic mass is 28.4. The van der Waals surface area contributed by atoms with Crippen molar-refractivity contribution in [3.63, 3.8) is 0 Å². The average molecular weight is 395 g/mol. The Kier molecular flexibility index (Phi) is 8.93. The predicted molar refractivity (Wildman–Crippen MR) is 116 cm³/mol. The Morgan fingerprint density at radius 2 is 1.46 bits per heavy atom. The minimum absolute atomic E-state index is 0.0868. The Morgan fingerprint density at radius 3 is 1.92 bits per heavy atom. The van der Waals surface area contributed by atoms with Gasteiger partial charge in [-0.2, -0.15) is 0 Å². The minimum atomic E-state index is -1.76. The summed E-state index contributed by atoms with van der Waals surface area (Å²) in [6.07, 6.45) is 2.98. The van der Waals surface area contributed by atoms with Gasteiger partial charge in [0.2, 0.25) is 0 Å². The first-order valence-corrected chi connectivity index (χ1v) is 16.6. The number of benzene rings is 1. The summed E-state index contributed by atoms with van der Waals surface area (Å²) in [7, 11) is -3.46. The van der Waals surface area contributed by atoms with Crippen molar-refractivity contribution in [1.29, 1.82) is 0 Å². The van der Waals surface area contributed by atoms with Crippen molar-refractivity contribution < 1.29 is 13.6 Å². The van der Waals surface area contributed by atoms with Crippen molar-refractivity contribution in [2.24, 2.45) is 11.8 Å². The molecular formula is C21H38O3Si2. The van der Waals surface area contributed by atoms with Crippen molar-refractivity contribution in [2.45, 2.75) is 78.2 Å². The molecule has 0 heterocycles. The van der Waals surface area contributed by atoms with Gasteiger partial charge in [-0.05, 0) is 57.7 Å². The molecule has 0 saturated carbocycles. The molecule has 5 heteroatoms. The number of hydrogen-bond donors (Lipinski definition) is 0. The number of aldehydes is 1. The van der Waals surface area contributed by atoms with Gasteiger partial charge in [0.25, 0.3) is 0 Å². The summed E-state index contributed by atoms with van der Waals surface area (Å²) in [5.74, 6) is 0.0542. The zero-order valence-electron chi connectivity index (χ0n) is 17.9. The first-order chi connectivity index (χ1) is 11.9. The molecule has 0 N–H and O–H groups in total. The van der Waals surface area contributed by atoms with Gasteiger partial charge in [0.15, 0.2) is 16.6 Å². The van der Waals surface area contributed by atoms with Crippen LogP contribution in [0.4, 0.5) is 0 Å². The number of rotatable bonds is 11. The Morgan fingerprint density at radius 1 is 0.923 bits per heavy atom. The SMILES string of the molecule is C[C@@H]([C@@H](O[Si](C)(C)C)[C@H](C)C=O)[C@H](CCc1ccccc1)O[Si](C)(C)C. The molecular weight excluding hydrogens is 356 g/mol. The van der Waals surface area contributed by atoms with Crippen LogP contribution in [0.2, 0.25) is 39.3 Å². The van der Waals surface area contributed by atoms with Crippen LogP contribution in [0.3, 0.4) is 0 Å². The Balaban J connectivity index is 2.98. The van der Waals surface area contributed by atoms with Crippen molar-refractivity contribution in [2.75, 3.05) is 0 Å². The third kappa shape index (κ3) is 8.76. The molecule has 0 aliphatic carbocycles. The lowest BCUT2D eigenvalue weighted by Gasteiger charge is -2.39. The number of aryl methyl sites for hydroxylation is 1. The third-order valence-corrected chi connectivity index (χ3v) is 6.38. The molecule has 0 aliphatic rings. The van der Waals surface area contributed by atoms with E-state index in [2.05, 4.69) is 70.5 Å². The maximum absolute atomic E-state index is 11.5. The molecule has 1 rings (SSSR count). The van der Waals surface area contributed by atoms with Gasteiger partial charge in [0.1, 0.15) is 6.29 Å². The normalized spacial score (nSPS) is 17.4. The molecule has 3 nitrogen and oxygen atoms in total. The fourth-order valence-corrected chi connectivity index (χ4v) is 5.71. The second-order valence-electron chi connectivity index (χ2n) is 9.34. The van der Waals surface area contributed by atoms with E-state index < -0.39 is 16.6 Å². The molecule has 148 valence electrons. The van der Waals surface area contributed by atoms with Gasteiger partial charge in [-0.15, -0.1) is 0 Å². The van der Waals surface area contributed by atoms with Crippen LogP contribution in [0.25, 0.3) is 0 Å². The monoisotopic (exact) mass is 394 g/mol. The molecule has 1 aromatic carbocycles. The molecule has 1 aromatic rings. The van der Waals surface area contributed by atoms with Gasteiger partial charge < -0.3 is 13.6 Å². The summed E-state index contributed by atoms with van der Waals surface area (Å²) < 4.78 is 13.0. The smallest absolute Gasteiger partial charge is 0.184 e. The molecule has 0 amide bonds. The molecule has 4 atom stereocenters. The maximum atomic E-state index is 11.5. The lowest BCUT2D eigenvalue weighted by atomic mass is 9.87. The van der Waals surface area contributed by atoms with Crippen LogP contribution in [-0.4, -0.2) is 35.1 Å². The van der Waals surface area contributed by atoms with Gasteiger partial charge in [0, 0.05) is 11.8 Å². The quantitative estimate of drug-likeness (QED) is 0.365. The highest BCUT2D eigenvalue weighted by Gasteiger charge is 2.36. The second kappa shape index (κ2) is 9.97. The van der Waals surface area contributed by atoms with Crippen LogP contribution in [0.5, 0.6) is 0 Å². The summed E-state index contributed by atoms with van der Waals surface area (Å²) in [5.41, 5.74) is 1.33. The van der Waals surface area contributed by atoms with E-state index >= 15 is 0 Å². The van der Waals surface area contributed by atoms with Crippen LogP contribution in [-0.2, 0) is 20.1 Å². The van der Waals surface area contributed by atoms with Gasteiger partial charge >= 0.3 is 0 Å². The molecule has 26 heavy (non-hydrogen) atoms. The maximum Gasteiger partial charge on any atom is 0.184 e. The highest BCUT2D eigenvalue weighted by molar-refractivity contribution is 6.70. The lowest BCUT2D eigenvalue weighted by Crippen LogP contribution is -2.46. The van der Waals surface area contributed by atoms with E-state index in [9.17, 15) is 4.79 Å². The first kappa shape index (κ1) is 23.3. The fourth-order valence-electron chi connectivity index (χ4n) is 3.23. The van der Waals surface area contributed by atoms with Gasteiger partial charge in [-0.25, -0.2) is 0 Å². The van der Waals surface area contributed by atoms with Gasteiger partial charge in [-0.3, -0.25) is 0 Å². The van der Waals surface area contributed by atoms with Crippen LogP contribution >= 0.6 is 0 Å². The first-order valence-electron chi connectivity index (χ1n) is 9.78. The molecule has 0 aromatic heterocycles. The van der Waals surface area contributed by atoms with E-state index in [0.29, 0.717) is 0 Å². The van der Waals surface area contributed by atoms with E-state index in [0.717, 1.165) is 19.1 Å². The zero-order valence-corrected chi connectivity index (χ0v) is 19.9. The third-order valence-electron chi connectivity index (χ3n) is 4.39. The van der Waals surface area contributed by atoms with Crippen LogP contribution in [0.1, 0.15) is 25.8 Å². The predicted octanol–water partition coefficient (Wildman–Crippen LogP) is 5.53. The van der Waals surface area contributed by atoms with E-state index in [1.165, 1.54) is 5.56 Å². The molecule has 0 saturated heterocycles. The Hall–Kier alpha value is -0.756. The molecule has 0 aliphatic heterocycles. The topological polar surface area (TPSA) is 35.5 Å². The van der Waals surface area contributed by atoms with Crippen LogP contribution in [0, 0.1) is 11.8 Å². The Labute approximate surface area is 162 Å². The van der Waals surface area contributed by atoms with E-state index in [-0.39, 0.29) is 24.0 Å². The van der Waals surface area contributed by atoms with E-state index in [1.54, 1.807) is 0 Å². The largest absolute Gasteiger partial charge is 0.414 e. The van der Waals surface area contributed by atoms with Crippen LogP contribution in [0.15, 0.2) is 30.3 Å². The number of carbonyl (C=O) groups is 1. The van der Waals surface area contributed by atoms with Crippen molar-refractivity contribution >= 4 is 22.9 Å². The second-order valence-corrected chi connectivity index (χ2v) is 18.3. The average Bonchev–Trinajstić information content (AvgIpc) is 2.54. The fraction of sp³-hybridized carbons (Fsp3) is 0.667. The van der Waals surface area contributed by atoms with Gasteiger partial charge in [0.05, 0.1) is 12.2 Å². The Bertz CT molecular complexity index is 534. The van der Waals surface area contributed by atoms with Crippen molar-refractivity contribution in [1.82, 2.24) is 0 Å². The summed E-state index contributed by atoms with van der Waals surface area (Å²) in [6.45, 7) is 17.4. The van der Waals surface area contributed by atoms with Gasteiger partial charge in [-0.1, -0.05) is 44.2 Å². The number of hydrogen-bond acceptors (Lipinski definition) is 3. The molecule has 0 spiro atoms. The molecule has 0 bridgehead atoms. The summed E-state index contributed by atoms with van der Waals surface area (Å²) in [6, 6.07) is 10.5. The summed E-state index contributed by atoms with van der Waals surface area (Å²) in [4.78, 5) is 11.5. The van der Waals surface area contributed by atoms with Crippen molar-refractivity contribution in [3.05, 3.63) is 35.9 Å². The molecule has 0 unspecified atom stereocenters.